The number of nitrogens with zero attached hydrogens (tertiary/aromatic N) is 1. The molecule has 0 amide bonds. The molecule has 0 aliphatic rings. The number of β-amino-alcohol motifs (C(OH)–C–C–N with tert-alkyl or cyclic N) is 1. The van der Waals surface area contributed by atoms with E-state index in [4.69, 9.17) is 5.11 Å². The lowest BCUT2D eigenvalue weighted by atomic mass is 9.97. The first-order valence-corrected chi connectivity index (χ1v) is 5.46. The smallest absolute Gasteiger partial charge is 0.0910 e. The molecule has 6 nitrogen and oxygen atoms in total. The third-order valence-electron chi connectivity index (χ3n) is 2.96. The van der Waals surface area contributed by atoms with Gasteiger partial charge in [0, 0.05) is 12.6 Å². The van der Waals surface area contributed by atoms with Crippen LogP contribution in [0.25, 0.3) is 0 Å². The van der Waals surface area contributed by atoms with Crippen LogP contribution < -0.4 is 0 Å². The Bertz CT molecular complexity index is 162. The number of rotatable bonds is 9. The van der Waals surface area contributed by atoms with Crippen molar-refractivity contribution < 1.29 is 25.5 Å². The molecule has 0 aliphatic carbocycles. The maximum absolute atomic E-state index is 9.29. The van der Waals surface area contributed by atoms with Crippen molar-refractivity contribution >= 4 is 0 Å². The standard InChI is InChI=1S/C10H23NO5/c1-2-9(5-13)11(3-4-12)10(6-14,7-15)8-16/h9,12-16H,2-8H2,1H3. The molecule has 6 heteroatoms. The van der Waals surface area contributed by atoms with Crippen molar-refractivity contribution in [2.24, 2.45) is 0 Å². The van der Waals surface area contributed by atoms with Crippen LogP contribution in [0, 0.1) is 0 Å². The van der Waals surface area contributed by atoms with Crippen molar-refractivity contribution in [3.05, 3.63) is 0 Å². The van der Waals surface area contributed by atoms with Crippen LogP contribution in [0.4, 0.5) is 0 Å². The molecule has 0 saturated carbocycles. The minimum atomic E-state index is -1.20. The zero-order valence-electron chi connectivity index (χ0n) is 9.71. The molecule has 0 aromatic rings. The molecule has 1 atom stereocenters. The van der Waals surface area contributed by atoms with Crippen LogP contribution in [0.3, 0.4) is 0 Å². The normalized spacial score (nSPS) is 14.4. The Hall–Kier alpha value is -0.240. The molecule has 0 spiro atoms. The molecule has 16 heavy (non-hydrogen) atoms. The Kier molecular flexibility index (Phi) is 7.82. The summed E-state index contributed by atoms with van der Waals surface area (Å²) in [7, 11) is 0. The minimum Gasteiger partial charge on any atom is -0.395 e. The topological polar surface area (TPSA) is 104 Å². The van der Waals surface area contributed by atoms with Crippen LogP contribution in [-0.4, -0.2) is 81.6 Å². The van der Waals surface area contributed by atoms with Gasteiger partial charge in [0.25, 0.3) is 0 Å². The number of aliphatic hydroxyl groups excluding tert-OH is 5. The predicted octanol–water partition coefficient (Wildman–Crippen LogP) is -2.23. The molecular formula is C10H23NO5. The highest BCUT2D eigenvalue weighted by atomic mass is 16.3. The molecule has 0 radical (unpaired) electrons. The second-order valence-corrected chi connectivity index (χ2v) is 3.86. The van der Waals surface area contributed by atoms with Gasteiger partial charge in [0.05, 0.1) is 38.6 Å². The van der Waals surface area contributed by atoms with E-state index in [0.717, 1.165) is 0 Å². The molecule has 1 unspecified atom stereocenters. The van der Waals surface area contributed by atoms with Gasteiger partial charge in [-0.25, -0.2) is 0 Å². The SMILES string of the molecule is CCC(CO)N(CCO)C(CO)(CO)CO. The molecular weight excluding hydrogens is 214 g/mol. The predicted molar refractivity (Wildman–Crippen MR) is 58.9 cm³/mol. The zero-order chi connectivity index (χ0) is 12.6. The van der Waals surface area contributed by atoms with Gasteiger partial charge in [0.15, 0.2) is 0 Å². The van der Waals surface area contributed by atoms with E-state index in [1.54, 1.807) is 4.90 Å². The number of aliphatic hydroxyl groups is 5. The van der Waals surface area contributed by atoms with Crippen molar-refractivity contribution in [2.45, 2.75) is 24.9 Å². The summed E-state index contributed by atoms with van der Waals surface area (Å²) < 4.78 is 0. The van der Waals surface area contributed by atoms with Crippen molar-refractivity contribution in [2.75, 3.05) is 39.6 Å². The summed E-state index contributed by atoms with van der Waals surface area (Å²) in [6, 6.07) is -0.307. The maximum atomic E-state index is 9.29. The third kappa shape index (κ3) is 3.38. The van der Waals surface area contributed by atoms with Gasteiger partial charge in [-0.1, -0.05) is 6.92 Å². The van der Waals surface area contributed by atoms with E-state index in [0.29, 0.717) is 6.42 Å². The van der Waals surface area contributed by atoms with Crippen molar-refractivity contribution in [1.82, 2.24) is 4.90 Å². The van der Waals surface area contributed by atoms with E-state index in [2.05, 4.69) is 0 Å². The van der Waals surface area contributed by atoms with Crippen LogP contribution in [0.2, 0.25) is 0 Å². The van der Waals surface area contributed by atoms with Gasteiger partial charge in [0.2, 0.25) is 0 Å². The molecule has 98 valence electrons. The van der Waals surface area contributed by atoms with E-state index in [-0.39, 0.29) is 25.8 Å². The molecule has 0 bridgehead atoms. The molecule has 0 heterocycles. The Morgan fingerprint density at radius 1 is 1.00 bits per heavy atom. The van der Waals surface area contributed by atoms with Gasteiger partial charge in [-0.3, -0.25) is 4.90 Å². The minimum absolute atomic E-state index is 0.155. The number of hydrogen-bond acceptors (Lipinski definition) is 6. The molecule has 0 aromatic heterocycles. The summed E-state index contributed by atoms with van der Waals surface area (Å²) in [5.41, 5.74) is -1.20. The third-order valence-corrected chi connectivity index (χ3v) is 2.96. The van der Waals surface area contributed by atoms with Gasteiger partial charge in [-0.05, 0) is 6.42 Å². The lowest BCUT2D eigenvalue weighted by Crippen LogP contribution is -2.62. The summed E-state index contributed by atoms with van der Waals surface area (Å²) in [5, 5.41) is 46.0. The second kappa shape index (κ2) is 7.94. The fourth-order valence-corrected chi connectivity index (χ4v) is 1.79. The first-order chi connectivity index (χ1) is 7.65. The van der Waals surface area contributed by atoms with E-state index in [1.165, 1.54) is 0 Å². The van der Waals surface area contributed by atoms with Crippen LogP contribution in [-0.2, 0) is 0 Å². The highest BCUT2D eigenvalue weighted by Crippen LogP contribution is 2.19. The van der Waals surface area contributed by atoms with Crippen LogP contribution in [0.1, 0.15) is 13.3 Å². The lowest BCUT2D eigenvalue weighted by Gasteiger charge is -2.44. The first kappa shape index (κ1) is 15.8. The second-order valence-electron chi connectivity index (χ2n) is 3.86. The Morgan fingerprint density at radius 3 is 1.75 bits per heavy atom. The monoisotopic (exact) mass is 237 g/mol. The van der Waals surface area contributed by atoms with Crippen molar-refractivity contribution in [3.63, 3.8) is 0 Å². The van der Waals surface area contributed by atoms with E-state index in [1.807, 2.05) is 6.92 Å². The lowest BCUT2D eigenvalue weighted by molar-refractivity contribution is -0.0827. The quantitative estimate of drug-likeness (QED) is 0.311. The fourth-order valence-electron chi connectivity index (χ4n) is 1.79. The summed E-state index contributed by atoms with van der Waals surface area (Å²) in [5.74, 6) is 0. The van der Waals surface area contributed by atoms with Gasteiger partial charge >= 0.3 is 0 Å². The molecule has 0 saturated heterocycles. The fraction of sp³-hybridized carbons (Fsp3) is 1.00. The van der Waals surface area contributed by atoms with E-state index < -0.39 is 25.4 Å². The molecule has 0 rings (SSSR count). The van der Waals surface area contributed by atoms with Gasteiger partial charge in [-0.2, -0.15) is 0 Å². The Balaban J connectivity index is 4.95. The van der Waals surface area contributed by atoms with E-state index in [9.17, 15) is 20.4 Å². The highest BCUT2D eigenvalue weighted by molar-refractivity contribution is 4.92. The summed E-state index contributed by atoms with van der Waals surface area (Å²) in [4.78, 5) is 1.56. The Labute approximate surface area is 95.8 Å². The van der Waals surface area contributed by atoms with Gasteiger partial charge in [-0.15, -0.1) is 0 Å². The number of hydrogen-bond donors (Lipinski definition) is 5. The average Bonchev–Trinajstić information content (AvgIpc) is 2.33. The van der Waals surface area contributed by atoms with Crippen LogP contribution in [0.5, 0.6) is 0 Å². The van der Waals surface area contributed by atoms with Crippen molar-refractivity contribution in [1.29, 1.82) is 0 Å². The highest BCUT2D eigenvalue weighted by Gasteiger charge is 2.38. The van der Waals surface area contributed by atoms with E-state index >= 15 is 0 Å². The molecule has 5 N–H and O–H groups in total. The summed E-state index contributed by atoms with van der Waals surface area (Å²) in [6.45, 7) is 0.406. The summed E-state index contributed by atoms with van der Waals surface area (Å²) in [6.07, 6.45) is 0.595. The van der Waals surface area contributed by atoms with Crippen LogP contribution in [0.15, 0.2) is 0 Å². The van der Waals surface area contributed by atoms with Crippen molar-refractivity contribution in [3.8, 4) is 0 Å². The zero-order valence-corrected chi connectivity index (χ0v) is 9.71. The first-order valence-electron chi connectivity index (χ1n) is 5.46. The maximum Gasteiger partial charge on any atom is 0.0910 e. The van der Waals surface area contributed by atoms with Gasteiger partial charge < -0.3 is 25.5 Å². The summed E-state index contributed by atoms with van der Waals surface area (Å²) >= 11 is 0. The Morgan fingerprint density at radius 2 is 1.50 bits per heavy atom. The molecule has 0 fully saturated rings. The largest absolute Gasteiger partial charge is 0.395 e. The van der Waals surface area contributed by atoms with Crippen LogP contribution >= 0.6 is 0 Å². The average molecular weight is 237 g/mol. The molecule has 0 aromatic carbocycles. The van der Waals surface area contributed by atoms with Gasteiger partial charge in [0.1, 0.15) is 0 Å². The molecule has 0 aliphatic heterocycles.